The van der Waals surface area contributed by atoms with E-state index in [1.165, 1.54) is 0 Å². The van der Waals surface area contributed by atoms with Crippen LogP contribution in [0, 0.1) is 6.92 Å². The summed E-state index contributed by atoms with van der Waals surface area (Å²) in [5, 5.41) is 2.79. The maximum atomic E-state index is 13.7. The van der Waals surface area contributed by atoms with Gasteiger partial charge in [0.1, 0.15) is 11.6 Å². The van der Waals surface area contributed by atoms with E-state index in [0.29, 0.717) is 16.9 Å². The average Bonchev–Trinajstić information content (AvgIpc) is 2.97. The zero-order chi connectivity index (χ0) is 24.9. The lowest BCUT2D eigenvalue weighted by Crippen LogP contribution is -2.67. The molecule has 0 saturated heterocycles. The van der Waals surface area contributed by atoms with Crippen LogP contribution in [0.5, 0.6) is 0 Å². The standard InChI is InChI=1S/C17H20F6N2O6S/c1-5-9-8(3)32-11(10(9)12(26)29-4)24-14(28)25-16(17(21,22)23,13(27)30-6-2)31-7-15(18,19)20/h5-7H2,1-4H3,(H2,24,25,28)/t16-/m1/s1. The van der Waals surface area contributed by atoms with Gasteiger partial charge in [0.25, 0.3) is 0 Å². The second kappa shape index (κ2) is 10.4. The molecule has 0 aromatic carbocycles. The summed E-state index contributed by atoms with van der Waals surface area (Å²) in [4.78, 5) is 36.9. The molecule has 1 aromatic rings. The predicted molar refractivity (Wildman–Crippen MR) is 99.4 cm³/mol. The van der Waals surface area contributed by atoms with Crippen LogP contribution in [0.2, 0.25) is 0 Å². The molecule has 0 aliphatic heterocycles. The molecule has 0 fully saturated rings. The average molecular weight is 494 g/mol. The lowest BCUT2D eigenvalue weighted by Gasteiger charge is -2.33. The smallest absolute Gasteiger partial charge is 0.448 e. The van der Waals surface area contributed by atoms with Crippen molar-refractivity contribution < 1.29 is 54.9 Å². The summed E-state index contributed by atoms with van der Waals surface area (Å²) in [6, 6.07) is -1.77. The summed E-state index contributed by atoms with van der Waals surface area (Å²) in [7, 11) is 1.04. The van der Waals surface area contributed by atoms with E-state index >= 15 is 0 Å². The van der Waals surface area contributed by atoms with Crippen molar-refractivity contribution in [2.24, 2.45) is 0 Å². The maximum Gasteiger partial charge on any atom is 0.448 e. The van der Waals surface area contributed by atoms with Crippen molar-refractivity contribution in [3.63, 3.8) is 0 Å². The van der Waals surface area contributed by atoms with Gasteiger partial charge in [-0.15, -0.1) is 11.3 Å². The molecule has 2 amide bonds. The first-order valence-electron chi connectivity index (χ1n) is 8.87. The van der Waals surface area contributed by atoms with Gasteiger partial charge in [-0.25, -0.2) is 14.4 Å². The molecule has 1 atom stereocenters. The van der Waals surface area contributed by atoms with Crippen molar-refractivity contribution in [2.45, 2.75) is 45.3 Å². The fourth-order valence-corrected chi connectivity index (χ4v) is 3.67. The van der Waals surface area contributed by atoms with Crippen LogP contribution in [0.4, 0.5) is 36.1 Å². The van der Waals surface area contributed by atoms with E-state index in [9.17, 15) is 40.7 Å². The van der Waals surface area contributed by atoms with Crippen LogP contribution in [0.1, 0.15) is 34.6 Å². The molecule has 1 heterocycles. The molecular formula is C17H20F6N2O6S. The van der Waals surface area contributed by atoms with E-state index in [1.807, 2.05) is 5.32 Å². The number of thiophene rings is 1. The molecule has 0 saturated carbocycles. The summed E-state index contributed by atoms with van der Waals surface area (Å²) in [5.41, 5.74) is -4.16. The van der Waals surface area contributed by atoms with Crippen LogP contribution < -0.4 is 10.6 Å². The minimum Gasteiger partial charge on any atom is -0.465 e. The lowest BCUT2D eigenvalue weighted by molar-refractivity contribution is -0.305. The van der Waals surface area contributed by atoms with Crippen molar-refractivity contribution in [1.29, 1.82) is 0 Å². The third-order valence-electron chi connectivity index (χ3n) is 3.88. The van der Waals surface area contributed by atoms with Crippen LogP contribution in [0.25, 0.3) is 0 Å². The Hall–Kier alpha value is -2.55. The lowest BCUT2D eigenvalue weighted by atomic mass is 10.1. The second-order valence-electron chi connectivity index (χ2n) is 6.07. The van der Waals surface area contributed by atoms with Crippen LogP contribution >= 0.6 is 11.3 Å². The Kier molecular flexibility index (Phi) is 8.91. The molecule has 2 N–H and O–H groups in total. The van der Waals surface area contributed by atoms with Crippen molar-refractivity contribution in [2.75, 3.05) is 25.6 Å². The van der Waals surface area contributed by atoms with Crippen molar-refractivity contribution in [3.05, 3.63) is 16.0 Å². The molecule has 1 aromatic heterocycles. The number of carbonyl (C=O) groups is 3. The Morgan fingerprint density at radius 3 is 2.09 bits per heavy atom. The number of methoxy groups -OCH3 is 1. The Bertz CT molecular complexity index is 854. The zero-order valence-corrected chi connectivity index (χ0v) is 18.1. The van der Waals surface area contributed by atoms with Crippen molar-refractivity contribution in [1.82, 2.24) is 5.32 Å². The first-order chi connectivity index (χ1) is 14.6. The van der Waals surface area contributed by atoms with Crippen LogP contribution in [-0.2, 0) is 25.4 Å². The molecule has 0 unspecified atom stereocenters. The minimum atomic E-state index is -5.84. The van der Waals surface area contributed by atoms with Gasteiger partial charge >= 0.3 is 36.0 Å². The van der Waals surface area contributed by atoms with Gasteiger partial charge in [-0.3, -0.25) is 10.6 Å². The van der Waals surface area contributed by atoms with Gasteiger partial charge in [-0.2, -0.15) is 26.3 Å². The van der Waals surface area contributed by atoms with Gasteiger partial charge in [0.05, 0.1) is 19.3 Å². The van der Waals surface area contributed by atoms with Crippen LogP contribution in [0.15, 0.2) is 0 Å². The topological polar surface area (TPSA) is 103 Å². The highest BCUT2D eigenvalue weighted by atomic mass is 32.1. The van der Waals surface area contributed by atoms with E-state index in [2.05, 4.69) is 14.2 Å². The molecule has 0 spiro atoms. The quantitative estimate of drug-likeness (QED) is 0.323. The van der Waals surface area contributed by atoms with Crippen LogP contribution in [-0.4, -0.2) is 56.4 Å². The fraction of sp³-hybridized carbons (Fsp3) is 0.588. The van der Waals surface area contributed by atoms with Gasteiger partial charge in [0, 0.05) is 4.88 Å². The highest BCUT2D eigenvalue weighted by Gasteiger charge is 2.66. The Labute approximate surface area is 182 Å². The second-order valence-corrected chi connectivity index (χ2v) is 7.29. The molecule has 0 bridgehead atoms. The number of esters is 2. The number of alkyl halides is 6. The van der Waals surface area contributed by atoms with E-state index in [-0.39, 0.29) is 10.6 Å². The zero-order valence-electron chi connectivity index (χ0n) is 17.2. The maximum absolute atomic E-state index is 13.7. The summed E-state index contributed by atoms with van der Waals surface area (Å²) in [6.45, 7) is 1.19. The molecule has 0 aliphatic carbocycles. The summed E-state index contributed by atoms with van der Waals surface area (Å²) < 4.78 is 91.4. The van der Waals surface area contributed by atoms with Gasteiger partial charge in [-0.05, 0) is 25.8 Å². The number of urea groups is 1. The van der Waals surface area contributed by atoms with Crippen LogP contribution in [0.3, 0.4) is 0 Å². The molecule has 15 heteroatoms. The Balaban J connectivity index is 3.38. The van der Waals surface area contributed by atoms with Crippen molar-refractivity contribution >= 4 is 34.3 Å². The number of nitrogens with one attached hydrogen (secondary N) is 2. The number of aryl methyl sites for hydroxylation is 1. The predicted octanol–water partition coefficient (Wildman–Crippen LogP) is 3.93. The molecule has 1 rings (SSSR count). The van der Waals surface area contributed by atoms with Gasteiger partial charge in [0.15, 0.2) is 0 Å². The van der Waals surface area contributed by atoms with Gasteiger partial charge in [-0.1, -0.05) is 6.92 Å². The third-order valence-corrected chi connectivity index (χ3v) is 4.95. The Morgan fingerprint density at radius 2 is 1.66 bits per heavy atom. The van der Waals surface area contributed by atoms with E-state index < -0.39 is 49.3 Å². The third kappa shape index (κ3) is 6.25. The highest BCUT2D eigenvalue weighted by molar-refractivity contribution is 7.16. The summed E-state index contributed by atoms with van der Waals surface area (Å²) in [6.07, 6.45) is -10.8. The SMILES string of the molecule is CCOC(=O)[C@@](NC(=O)Nc1sc(C)c(CC)c1C(=O)OC)(OCC(F)(F)F)C(F)(F)F. The number of rotatable bonds is 8. The molecule has 8 nitrogen and oxygen atoms in total. The number of halogens is 6. The molecule has 0 aliphatic rings. The highest BCUT2D eigenvalue weighted by Crippen LogP contribution is 2.36. The summed E-state index contributed by atoms with van der Waals surface area (Å²) >= 11 is 0.816. The first kappa shape index (κ1) is 27.5. The first-order valence-corrected chi connectivity index (χ1v) is 9.69. The largest absolute Gasteiger partial charge is 0.465 e. The van der Waals surface area contributed by atoms with E-state index in [1.54, 1.807) is 13.8 Å². The number of anilines is 1. The molecule has 0 radical (unpaired) electrons. The molecule has 32 heavy (non-hydrogen) atoms. The minimum absolute atomic E-state index is 0.141. The molecule has 182 valence electrons. The summed E-state index contributed by atoms with van der Waals surface area (Å²) in [5.74, 6) is -3.21. The van der Waals surface area contributed by atoms with Gasteiger partial charge < -0.3 is 14.2 Å². The number of hydrogen-bond acceptors (Lipinski definition) is 7. The number of ether oxygens (including phenoxy) is 3. The number of hydrogen-bond donors (Lipinski definition) is 2. The number of carbonyl (C=O) groups excluding carboxylic acids is 3. The van der Waals surface area contributed by atoms with Gasteiger partial charge in [0.2, 0.25) is 0 Å². The normalized spacial score (nSPS) is 13.8. The number of amides is 2. The van der Waals surface area contributed by atoms with E-state index in [0.717, 1.165) is 30.7 Å². The monoisotopic (exact) mass is 494 g/mol. The molecular weight excluding hydrogens is 474 g/mol. The van der Waals surface area contributed by atoms with Crippen molar-refractivity contribution in [3.8, 4) is 0 Å². The Morgan fingerprint density at radius 1 is 1.06 bits per heavy atom. The fourth-order valence-electron chi connectivity index (χ4n) is 2.54. The van der Waals surface area contributed by atoms with E-state index in [4.69, 9.17) is 0 Å².